The lowest BCUT2D eigenvalue weighted by molar-refractivity contribution is -0.146. The van der Waals surface area contributed by atoms with E-state index in [4.69, 9.17) is 9.47 Å². The molecule has 0 aromatic carbocycles. The summed E-state index contributed by atoms with van der Waals surface area (Å²) < 4.78 is 10.8. The Hall–Kier alpha value is -0.610. The lowest BCUT2D eigenvalue weighted by atomic mass is 9.82. The smallest absolute Gasteiger partial charge is 0.325 e. The van der Waals surface area contributed by atoms with Gasteiger partial charge in [-0.1, -0.05) is 13.8 Å². The van der Waals surface area contributed by atoms with Crippen molar-refractivity contribution in [3.8, 4) is 0 Å². The molecular weight excluding hydrogens is 242 g/mol. The summed E-state index contributed by atoms with van der Waals surface area (Å²) in [6.45, 7) is 5.01. The number of hydrogen-bond donors (Lipinski definition) is 1. The average Bonchev–Trinajstić information content (AvgIpc) is 3.16. The Labute approximate surface area is 116 Å². The van der Waals surface area contributed by atoms with E-state index in [1.807, 2.05) is 0 Å². The van der Waals surface area contributed by atoms with Crippen LogP contribution in [0.25, 0.3) is 0 Å². The van der Waals surface area contributed by atoms with E-state index in [0.717, 1.165) is 37.5 Å². The molecule has 19 heavy (non-hydrogen) atoms. The lowest BCUT2D eigenvalue weighted by Gasteiger charge is -2.32. The number of ether oxygens (including phenoxy) is 2. The van der Waals surface area contributed by atoms with Gasteiger partial charge in [0.1, 0.15) is 6.04 Å². The zero-order chi connectivity index (χ0) is 13.8. The second-order valence-electron chi connectivity index (χ2n) is 6.39. The number of esters is 1. The van der Waals surface area contributed by atoms with Crippen molar-refractivity contribution < 1.29 is 14.3 Å². The third-order valence-corrected chi connectivity index (χ3v) is 4.13. The first-order valence-corrected chi connectivity index (χ1v) is 7.54. The maximum atomic E-state index is 11.7. The summed E-state index contributed by atoms with van der Waals surface area (Å²) in [6.07, 6.45) is 6.13. The third kappa shape index (κ3) is 4.77. The van der Waals surface area contributed by atoms with Gasteiger partial charge >= 0.3 is 5.97 Å². The fourth-order valence-electron chi connectivity index (χ4n) is 3.10. The second-order valence-corrected chi connectivity index (χ2v) is 6.39. The van der Waals surface area contributed by atoms with Gasteiger partial charge in [0.15, 0.2) is 0 Å². The van der Waals surface area contributed by atoms with E-state index in [1.165, 1.54) is 13.5 Å². The molecule has 0 radical (unpaired) electrons. The number of nitrogens with one attached hydrogen (secondary N) is 1. The predicted octanol–water partition coefficient (Wildman–Crippen LogP) is 2.12. The SMILES string of the molecule is COC(=O)C(COC1CC(C)CC(C)C1)NC1CC1. The molecule has 0 aromatic heterocycles. The van der Waals surface area contributed by atoms with Gasteiger partial charge in [-0.3, -0.25) is 10.1 Å². The molecule has 2 rings (SSSR count). The number of methoxy groups -OCH3 is 1. The molecular formula is C15H27NO3. The highest BCUT2D eigenvalue weighted by Crippen LogP contribution is 2.30. The van der Waals surface area contributed by atoms with E-state index in [9.17, 15) is 4.79 Å². The molecule has 2 aliphatic rings. The Balaban J connectivity index is 1.78. The van der Waals surface area contributed by atoms with Crippen LogP contribution in [-0.4, -0.2) is 37.9 Å². The molecule has 0 saturated heterocycles. The Morgan fingerprint density at radius 3 is 2.37 bits per heavy atom. The summed E-state index contributed by atoms with van der Waals surface area (Å²) in [7, 11) is 1.44. The molecule has 3 atom stereocenters. The standard InChI is InChI=1S/C15H27NO3/c1-10-6-11(2)8-13(7-10)19-9-14(15(17)18-3)16-12-4-5-12/h10-14,16H,4-9H2,1-3H3. The first kappa shape index (κ1) is 14.8. The van der Waals surface area contributed by atoms with Crippen molar-refractivity contribution in [2.24, 2.45) is 11.8 Å². The van der Waals surface area contributed by atoms with Gasteiger partial charge in [-0.05, 0) is 43.9 Å². The molecule has 0 aliphatic heterocycles. The van der Waals surface area contributed by atoms with Crippen molar-refractivity contribution in [2.75, 3.05) is 13.7 Å². The molecule has 4 nitrogen and oxygen atoms in total. The average molecular weight is 269 g/mol. The van der Waals surface area contributed by atoms with Gasteiger partial charge in [0.2, 0.25) is 0 Å². The molecule has 2 aliphatic carbocycles. The molecule has 1 N–H and O–H groups in total. The van der Waals surface area contributed by atoms with Crippen LogP contribution in [0.5, 0.6) is 0 Å². The van der Waals surface area contributed by atoms with Gasteiger partial charge < -0.3 is 9.47 Å². The van der Waals surface area contributed by atoms with Gasteiger partial charge in [-0.25, -0.2) is 0 Å². The molecule has 0 bridgehead atoms. The van der Waals surface area contributed by atoms with Crippen LogP contribution in [0, 0.1) is 11.8 Å². The molecule has 110 valence electrons. The Morgan fingerprint density at radius 2 is 1.84 bits per heavy atom. The number of hydrogen-bond acceptors (Lipinski definition) is 4. The van der Waals surface area contributed by atoms with E-state index >= 15 is 0 Å². The van der Waals surface area contributed by atoms with Gasteiger partial charge in [0.25, 0.3) is 0 Å². The van der Waals surface area contributed by atoms with Crippen molar-refractivity contribution >= 4 is 5.97 Å². The van der Waals surface area contributed by atoms with Crippen LogP contribution in [0.4, 0.5) is 0 Å². The van der Waals surface area contributed by atoms with Crippen molar-refractivity contribution in [2.45, 2.75) is 64.1 Å². The van der Waals surface area contributed by atoms with Crippen LogP contribution in [0.2, 0.25) is 0 Å². The lowest BCUT2D eigenvalue weighted by Crippen LogP contribution is -2.44. The maximum Gasteiger partial charge on any atom is 0.325 e. The van der Waals surface area contributed by atoms with Crippen molar-refractivity contribution in [3.05, 3.63) is 0 Å². The van der Waals surface area contributed by atoms with Gasteiger partial charge in [-0.2, -0.15) is 0 Å². The molecule has 2 saturated carbocycles. The van der Waals surface area contributed by atoms with Gasteiger partial charge in [0.05, 0.1) is 19.8 Å². The molecule has 0 aromatic rings. The monoisotopic (exact) mass is 269 g/mol. The zero-order valence-corrected chi connectivity index (χ0v) is 12.4. The summed E-state index contributed by atoms with van der Waals surface area (Å²) in [5.41, 5.74) is 0. The minimum Gasteiger partial charge on any atom is -0.468 e. The minimum atomic E-state index is -0.301. The fourth-order valence-corrected chi connectivity index (χ4v) is 3.10. The van der Waals surface area contributed by atoms with Crippen LogP contribution in [0.3, 0.4) is 0 Å². The zero-order valence-electron chi connectivity index (χ0n) is 12.4. The Kier molecular flexibility index (Phi) is 5.22. The molecule has 0 spiro atoms. The molecule has 3 unspecified atom stereocenters. The normalized spacial score (nSPS) is 32.9. The summed E-state index contributed by atoms with van der Waals surface area (Å²) in [6, 6.07) is 0.182. The highest BCUT2D eigenvalue weighted by Gasteiger charge is 2.31. The highest BCUT2D eigenvalue weighted by molar-refractivity contribution is 5.75. The van der Waals surface area contributed by atoms with E-state index in [2.05, 4.69) is 19.2 Å². The summed E-state index contributed by atoms with van der Waals surface area (Å²) in [5, 5.41) is 3.30. The topological polar surface area (TPSA) is 47.6 Å². The third-order valence-electron chi connectivity index (χ3n) is 4.13. The van der Waals surface area contributed by atoms with E-state index in [0.29, 0.717) is 18.8 Å². The second kappa shape index (κ2) is 6.71. The predicted molar refractivity (Wildman–Crippen MR) is 73.9 cm³/mol. The molecule has 0 heterocycles. The molecule has 0 amide bonds. The van der Waals surface area contributed by atoms with Gasteiger partial charge in [0, 0.05) is 6.04 Å². The summed E-state index contributed by atoms with van der Waals surface area (Å²) >= 11 is 0. The van der Waals surface area contributed by atoms with E-state index in [1.54, 1.807) is 0 Å². The van der Waals surface area contributed by atoms with E-state index in [-0.39, 0.29) is 12.0 Å². The minimum absolute atomic E-state index is 0.205. The highest BCUT2D eigenvalue weighted by atomic mass is 16.5. The molecule has 4 heteroatoms. The van der Waals surface area contributed by atoms with Crippen LogP contribution in [-0.2, 0) is 14.3 Å². The summed E-state index contributed by atoms with van der Waals surface area (Å²) in [5.74, 6) is 1.24. The first-order chi connectivity index (χ1) is 9.08. The van der Waals surface area contributed by atoms with Crippen LogP contribution in [0.1, 0.15) is 46.0 Å². The quantitative estimate of drug-likeness (QED) is 0.750. The van der Waals surface area contributed by atoms with Gasteiger partial charge in [-0.15, -0.1) is 0 Å². The maximum absolute atomic E-state index is 11.7. The van der Waals surface area contributed by atoms with Crippen LogP contribution < -0.4 is 5.32 Å². The molecule has 2 fully saturated rings. The van der Waals surface area contributed by atoms with Crippen LogP contribution >= 0.6 is 0 Å². The van der Waals surface area contributed by atoms with Crippen LogP contribution in [0.15, 0.2) is 0 Å². The number of rotatable bonds is 6. The Bertz CT molecular complexity index is 294. The Morgan fingerprint density at radius 1 is 1.21 bits per heavy atom. The largest absolute Gasteiger partial charge is 0.468 e. The van der Waals surface area contributed by atoms with Crippen molar-refractivity contribution in [1.82, 2.24) is 5.32 Å². The first-order valence-electron chi connectivity index (χ1n) is 7.54. The summed E-state index contributed by atoms with van der Waals surface area (Å²) in [4.78, 5) is 11.7. The van der Waals surface area contributed by atoms with Crippen molar-refractivity contribution in [1.29, 1.82) is 0 Å². The van der Waals surface area contributed by atoms with E-state index < -0.39 is 0 Å². The number of carbonyl (C=O) groups excluding carboxylic acids is 1. The fraction of sp³-hybridized carbons (Fsp3) is 0.933. The number of carbonyl (C=O) groups is 1. The van der Waals surface area contributed by atoms with Crippen molar-refractivity contribution in [3.63, 3.8) is 0 Å².